The van der Waals surface area contributed by atoms with Crippen molar-refractivity contribution in [1.82, 2.24) is 4.57 Å². The Morgan fingerprint density at radius 3 is 2.85 bits per heavy atom. The fraction of sp³-hybridized carbons (Fsp3) is 0.250. The van der Waals surface area contributed by atoms with Crippen LogP contribution in [0.25, 0.3) is 10.2 Å². The van der Waals surface area contributed by atoms with Gasteiger partial charge in [-0.3, -0.25) is 9.69 Å². The Morgan fingerprint density at radius 1 is 1.45 bits per heavy atom. The molecule has 1 aromatic heterocycles. The molecule has 7 nitrogen and oxygen atoms in total. The van der Waals surface area contributed by atoms with Crippen LogP contribution in [0.5, 0.6) is 0 Å². The van der Waals surface area contributed by atoms with Gasteiger partial charge in [0.1, 0.15) is 0 Å². The van der Waals surface area contributed by atoms with E-state index in [0.29, 0.717) is 5.69 Å². The third kappa shape index (κ3) is 1.85. The number of aromatic nitrogens is 1. The molecular weight excluding hydrogens is 284 g/mol. The predicted octanol–water partition coefficient (Wildman–Crippen LogP) is 1.01. The van der Waals surface area contributed by atoms with E-state index in [1.807, 2.05) is 0 Å². The van der Waals surface area contributed by atoms with Crippen LogP contribution in [0.3, 0.4) is 0 Å². The minimum Gasteiger partial charge on any atom is -0.478 e. The maximum absolute atomic E-state index is 11.7. The van der Waals surface area contributed by atoms with Gasteiger partial charge < -0.3 is 14.4 Å². The lowest BCUT2D eigenvalue weighted by molar-refractivity contribution is -0.144. The Labute approximate surface area is 116 Å². The molecule has 8 heteroatoms. The summed E-state index contributed by atoms with van der Waals surface area (Å²) in [5, 5.41) is 8.86. The van der Waals surface area contributed by atoms with Crippen molar-refractivity contribution in [2.75, 3.05) is 11.4 Å². The van der Waals surface area contributed by atoms with Crippen molar-refractivity contribution < 1.29 is 19.4 Å². The number of rotatable bonds is 2. The monoisotopic (exact) mass is 294 g/mol. The molecule has 1 aliphatic heterocycles. The summed E-state index contributed by atoms with van der Waals surface area (Å²) in [4.78, 5) is 35.2. The normalized spacial score (nSPS) is 18.6. The zero-order valence-electron chi connectivity index (χ0n) is 10.4. The van der Waals surface area contributed by atoms with Gasteiger partial charge in [-0.15, -0.1) is 0 Å². The maximum atomic E-state index is 11.7. The smallest absolute Gasteiger partial charge is 0.415 e. The third-order valence-corrected chi connectivity index (χ3v) is 4.17. The van der Waals surface area contributed by atoms with Crippen molar-refractivity contribution >= 4 is 39.3 Å². The van der Waals surface area contributed by atoms with E-state index in [1.54, 1.807) is 25.2 Å². The third-order valence-electron chi connectivity index (χ3n) is 3.17. The second kappa shape index (κ2) is 4.34. The zero-order chi connectivity index (χ0) is 14.4. The van der Waals surface area contributed by atoms with E-state index in [-0.39, 0.29) is 11.4 Å². The van der Waals surface area contributed by atoms with Crippen molar-refractivity contribution in [1.29, 1.82) is 0 Å². The van der Waals surface area contributed by atoms with Crippen LogP contribution in [0, 0.1) is 0 Å². The summed E-state index contributed by atoms with van der Waals surface area (Å²) in [6.07, 6.45) is -1.85. The average Bonchev–Trinajstić information content (AvgIpc) is 2.91. The van der Waals surface area contributed by atoms with E-state index < -0.39 is 18.2 Å². The van der Waals surface area contributed by atoms with Gasteiger partial charge in [0, 0.05) is 12.7 Å². The Morgan fingerprint density at radius 2 is 2.20 bits per heavy atom. The second-order valence-electron chi connectivity index (χ2n) is 4.40. The maximum Gasteiger partial charge on any atom is 0.415 e. The highest BCUT2D eigenvalue weighted by Crippen LogP contribution is 2.27. The number of nitrogens with zero attached hydrogens (tertiary/aromatic N) is 2. The number of hydrogen-bond acceptors (Lipinski definition) is 5. The molecule has 1 amide bonds. The van der Waals surface area contributed by atoms with Crippen LogP contribution >= 0.6 is 11.3 Å². The number of carbonyl (C=O) groups excluding carboxylic acids is 1. The molecule has 2 heterocycles. The molecule has 1 aliphatic rings. The lowest BCUT2D eigenvalue weighted by Crippen LogP contribution is -2.27. The molecule has 0 aliphatic carbocycles. The number of hydrogen-bond donors (Lipinski definition) is 1. The van der Waals surface area contributed by atoms with Crippen LogP contribution < -0.4 is 9.77 Å². The van der Waals surface area contributed by atoms with E-state index in [9.17, 15) is 14.4 Å². The number of thiazole rings is 1. The molecule has 2 aromatic rings. The van der Waals surface area contributed by atoms with Gasteiger partial charge in [0.25, 0.3) is 0 Å². The van der Waals surface area contributed by atoms with Crippen LogP contribution in [-0.2, 0) is 16.6 Å². The highest BCUT2D eigenvalue weighted by molar-refractivity contribution is 7.16. The van der Waals surface area contributed by atoms with Gasteiger partial charge in [-0.25, -0.2) is 9.59 Å². The molecular formula is C12H10N2O5S. The minimum absolute atomic E-state index is 0.0403. The molecule has 104 valence electrons. The zero-order valence-corrected chi connectivity index (χ0v) is 11.2. The van der Waals surface area contributed by atoms with Crippen LogP contribution in [0.1, 0.15) is 0 Å². The van der Waals surface area contributed by atoms with Gasteiger partial charge in [-0.2, -0.15) is 0 Å². The van der Waals surface area contributed by atoms with Gasteiger partial charge in [-0.05, 0) is 18.2 Å². The molecule has 3 rings (SSSR count). The number of carbonyl (C=O) groups is 2. The van der Waals surface area contributed by atoms with Gasteiger partial charge in [0.2, 0.25) is 6.10 Å². The Hall–Kier alpha value is -2.35. The number of ether oxygens (including phenoxy) is 1. The van der Waals surface area contributed by atoms with Crippen LogP contribution in [0.15, 0.2) is 23.0 Å². The summed E-state index contributed by atoms with van der Waals surface area (Å²) >= 11 is 1.07. The van der Waals surface area contributed by atoms with Crippen molar-refractivity contribution in [3.8, 4) is 0 Å². The predicted molar refractivity (Wildman–Crippen MR) is 72.3 cm³/mol. The number of amides is 1. The van der Waals surface area contributed by atoms with Crippen LogP contribution in [0.2, 0.25) is 0 Å². The highest BCUT2D eigenvalue weighted by atomic mass is 32.1. The SMILES string of the molecule is Cn1c(=O)sc2cc(N3C[C@H](C(=O)O)OC3=O)ccc21. The number of aliphatic carboxylic acids is 1. The van der Waals surface area contributed by atoms with Crippen LogP contribution in [-0.4, -0.2) is 34.4 Å². The number of benzene rings is 1. The Bertz CT molecular complexity index is 778. The molecule has 0 bridgehead atoms. The van der Waals surface area contributed by atoms with Gasteiger partial charge in [-0.1, -0.05) is 11.3 Å². The average molecular weight is 294 g/mol. The largest absolute Gasteiger partial charge is 0.478 e. The molecule has 1 atom stereocenters. The van der Waals surface area contributed by atoms with Gasteiger partial charge in [0.05, 0.1) is 16.8 Å². The molecule has 0 radical (unpaired) electrons. The number of aryl methyl sites for hydroxylation is 1. The van der Waals surface area contributed by atoms with E-state index in [2.05, 4.69) is 0 Å². The fourth-order valence-electron chi connectivity index (χ4n) is 2.09. The number of cyclic esters (lactones) is 1. The molecule has 20 heavy (non-hydrogen) atoms. The van der Waals surface area contributed by atoms with Crippen molar-refractivity contribution in [3.05, 3.63) is 27.9 Å². The summed E-state index contributed by atoms with van der Waals surface area (Å²) in [6.45, 7) is -0.0403. The lowest BCUT2D eigenvalue weighted by atomic mass is 10.2. The van der Waals surface area contributed by atoms with E-state index >= 15 is 0 Å². The number of carboxylic acid groups (broad SMARTS) is 1. The van der Waals surface area contributed by atoms with Crippen molar-refractivity contribution in [3.63, 3.8) is 0 Å². The molecule has 1 N–H and O–H groups in total. The molecule has 1 saturated heterocycles. The molecule has 0 spiro atoms. The molecule has 1 fully saturated rings. The highest BCUT2D eigenvalue weighted by Gasteiger charge is 2.37. The van der Waals surface area contributed by atoms with Crippen molar-refractivity contribution in [2.24, 2.45) is 7.05 Å². The Kier molecular flexibility index (Phi) is 2.75. The van der Waals surface area contributed by atoms with Gasteiger partial charge in [0.15, 0.2) is 0 Å². The topological polar surface area (TPSA) is 88.8 Å². The molecule has 1 aromatic carbocycles. The number of anilines is 1. The van der Waals surface area contributed by atoms with E-state index in [1.165, 1.54) is 9.47 Å². The first-order chi connectivity index (χ1) is 9.47. The standard InChI is InChI=1S/C12H10N2O5S/c1-13-7-3-2-6(4-9(7)20-12(13)18)14-5-8(10(15)16)19-11(14)17/h2-4,8H,5H2,1H3,(H,15,16)/t8-/m1/s1. The number of carboxylic acids is 1. The van der Waals surface area contributed by atoms with E-state index in [4.69, 9.17) is 9.84 Å². The lowest BCUT2D eigenvalue weighted by Gasteiger charge is -2.12. The first kappa shape index (κ1) is 12.7. The van der Waals surface area contributed by atoms with Crippen molar-refractivity contribution in [2.45, 2.75) is 6.10 Å². The summed E-state index contributed by atoms with van der Waals surface area (Å²) < 4.78 is 7.01. The summed E-state index contributed by atoms with van der Waals surface area (Å²) in [6, 6.07) is 5.08. The van der Waals surface area contributed by atoms with E-state index in [0.717, 1.165) is 21.6 Å². The number of fused-ring (bicyclic) bond motifs is 1. The minimum atomic E-state index is -1.17. The molecule has 0 saturated carbocycles. The Balaban J connectivity index is 2.01. The summed E-state index contributed by atoms with van der Waals surface area (Å²) in [5.41, 5.74) is 1.29. The molecule has 0 unspecified atom stereocenters. The quantitative estimate of drug-likeness (QED) is 0.893. The first-order valence-electron chi connectivity index (χ1n) is 5.78. The first-order valence-corrected chi connectivity index (χ1v) is 6.59. The van der Waals surface area contributed by atoms with Gasteiger partial charge >= 0.3 is 16.9 Å². The summed E-state index contributed by atoms with van der Waals surface area (Å²) in [7, 11) is 1.67. The van der Waals surface area contributed by atoms with Crippen LogP contribution in [0.4, 0.5) is 10.5 Å². The second-order valence-corrected chi connectivity index (χ2v) is 5.39. The fourth-order valence-corrected chi connectivity index (χ4v) is 3.01. The summed E-state index contributed by atoms with van der Waals surface area (Å²) in [5.74, 6) is -1.17.